The molecule has 0 atom stereocenters. The molecular formula is C17H20N2O3. The average Bonchev–Trinajstić information content (AvgIpc) is 2.96. The second-order valence-electron chi connectivity index (χ2n) is 5.41. The highest BCUT2D eigenvalue weighted by molar-refractivity contribution is 5.92. The summed E-state index contributed by atoms with van der Waals surface area (Å²) in [6.07, 6.45) is 3.29. The minimum absolute atomic E-state index is 0.00380. The zero-order valence-electron chi connectivity index (χ0n) is 12.4. The van der Waals surface area contributed by atoms with Crippen molar-refractivity contribution in [1.82, 2.24) is 9.80 Å². The van der Waals surface area contributed by atoms with Crippen molar-refractivity contribution in [2.45, 2.75) is 0 Å². The maximum Gasteiger partial charge on any atom is 0.246 e. The minimum Gasteiger partial charge on any atom is -0.457 e. The topological polar surface area (TPSA) is 56.9 Å². The summed E-state index contributed by atoms with van der Waals surface area (Å²) in [5, 5.41) is 9.95. The van der Waals surface area contributed by atoms with Crippen LogP contribution in [-0.4, -0.2) is 60.1 Å². The van der Waals surface area contributed by atoms with Crippen LogP contribution in [-0.2, 0) is 4.79 Å². The second kappa shape index (κ2) is 6.77. The van der Waals surface area contributed by atoms with Gasteiger partial charge >= 0.3 is 0 Å². The van der Waals surface area contributed by atoms with Gasteiger partial charge in [0.15, 0.2) is 0 Å². The minimum atomic E-state index is 0.00380. The summed E-state index contributed by atoms with van der Waals surface area (Å²) in [5.41, 5.74) is 0.826. The number of β-amino-alcohol motifs (C(OH)–C–C–N with tert-alkyl or cyclic N) is 1. The molecule has 5 nitrogen and oxygen atoms in total. The van der Waals surface area contributed by atoms with Crippen LogP contribution in [0.15, 0.2) is 40.8 Å². The van der Waals surface area contributed by atoms with E-state index in [1.165, 1.54) is 0 Å². The van der Waals surface area contributed by atoms with Crippen LogP contribution in [0.4, 0.5) is 0 Å². The van der Waals surface area contributed by atoms with E-state index in [1.807, 2.05) is 35.2 Å². The Morgan fingerprint density at radius 2 is 2.00 bits per heavy atom. The van der Waals surface area contributed by atoms with Crippen molar-refractivity contribution in [2.75, 3.05) is 39.3 Å². The fraction of sp³-hybridized carbons (Fsp3) is 0.353. The molecule has 0 spiro atoms. The van der Waals surface area contributed by atoms with E-state index in [1.54, 1.807) is 12.2 Å². The summed E-state index contributed by atoms with van der Waals surface area (Å²) < 4.78 is 5.66. The van der Waals surface area contributed by atoms with Crippen molar-refractivity contribution in [3.8, 4) is 0 Å². The highest BCUT2D eigenvalue weighted by Gasteiger charge is 2.18. The van der Waals surface area contributed by atoms with E-state index in [0.717, 1.165) is 24.1 Å². The molecule has 116 valence electrons. The Bertz CT molecular complexity index is 636. The first-order valence-corrected chi connectivity index (χ1v) is 7.55. The molecule has 1 aromatic heterocycles. The number of furan rings is 1. The smallest absolute Gasteiger partial charge is 0.246 e. The number of hydrogen-bond acceptors (Lipinski definition) is 4. The lowest BCUT2D eigenvalue weighted by atomic mass is 10.2. The Hall–Kier alpha value is -2.11. The number of nitrogens with zero attached hydrogens (tertiary/aromatic N) is 2. The Balaban J connectivity index is 1.59. The van der Waals surface area contributed by atoms with Crippen LogP contribution in [0, 0.1) is 0 Å². The number of aliphatic hydroxyl groups excluding tert-OH is 1. The lowest BCUT2D eigenvalue weighted by Crippen LogP contribution is -2.48. The molecular weight excluding hydrogens is 280 g/mol. The van der Waals surface area contributed by atoms with E-state index in [0.29, 0.717) is 25.4 Å². The first-order valence-electron chi connectivity index (χ1n) is 7.55. The predicted octanol–water partition coefficient (Wildman–Crippen LogP) is 1.58. The molecule has 1 aromatic carbocycles. The molecule has 1 saturated heterocycles. The van der Waals surface area contributed by atoms with Crippen LogP contribution in [0.3, 0.4) is 0 Å². The number of piperazine rings is 1. The van der Waals surface area contributed by atoms with E-state index in [2.05, 4.69) is 4.90 Å². The van der Waals surface area contributed by atoms with Crippen molar-refractivity contribution in [1.29, 1.82) is 0 Å². The molecule has 2 heterocycles. The van der Waals surface area contributed by atoms with Gasteiger partial charge in [-0.1, -0.05) is 18.2 Å². The molecule has 1 N–H and O–H groups in total. The number of aliphatic hydroxyl groups is 1. The Labute approximate surface area is 129 Å². The molecule has 5 heteroatoms. The number of carbonyl (C=O) groups excluding carboxylic acids is 1. The van der Waals surface area contributed by atoms with Crippen molar-refractivity contribution in [2.24, 2.45) is 0 Å². The zero-order valence-corrected chi connectivity index (χ0v) is 12.4. The fourth-order valence-corrected chi connectivity index (χ4v) is 2.68. The van der Waals surface area contributed by atoms with Crippen LogP contribution in [0.5, 0.6) is 0 Å². The number of carbonyl (C=O) groups is 1. The number of hydrogen-bond donors (Lipinski definition) is 1. The number of benzene rings is 1. The first-order chi connectivity index (χ1) is 10.8. The van der Waals surface area contributed by atoms with Crippen LogP contribution >= 0.6 is 0 Å². The van der Waals surface area contributed by atoms with Gasteiger partial charge in [-0.2, -0.15) is 0 Å². The SMILES string of the molecule is O=C(/C=C/c1cc2ccccc2o1)N1CCN(CCO)CC1. The molecule has 0 radical (unpaired) electrons. The average molecular weight is 300 g/mol. The Morgan fingerprint density at radius 1 is 1.23 bits per heavy atom. The van der Waals surface area contributed by atoms with Crippen LogP contribution in [0.2, 0.25) is 0 Å². The zero-order chi connectivity index (χ0) is 15.4. The van der Waals surface area contributed by atoms with Crippen molar-refractivity contribution in [3.63, 3.8) is 0 Å². The van der Waals surface area contributed by atoms with Gasteiger partial charge in [-0.25, -0.2) is 0 Å². The fourth-order valence-electron chi connectivity index (χ4n) is 2.68. The molecule has 1 aliphatic heterocycles. The monoisotopic (exact) mass is 300 g/mol. The largest absolute Gasteiger partial charge is 0.457 e. The van der Waals surface area contributed by atoms with E-state index >= 15 is 0 Å². The molecule has 1 aliphatic rings. The summed E-state index contributed by atoms with van der Waals surface area (Å²) in [7, 11) is 0. The number of amides is 1. The maximum atomic E-state index is 12.2. The standard InChI is InChI=1S/C17H20N2O3/c20-12-11-18-7-9-19(10-8-18)17(21)6-5-15-13-14-3-1-2-4-16(14)22-15/h1-6,13,20H,7-12H2/b6-5+. The summed E-state index contributed by atoms with van der Waals surface area (Å²) in [6, 6.07) is 9.71. The van der Waals surface area contributed by atoms with Gasteiger partial charge in [-0.3, -0.25) is 9.69 Å². The van der Waals surface area contributed by atoms with Crippen LogP contribution in [0.1, 0.15) is 5.76 Å². The Kier molecular flexibility index (Phi) is 4.56. The molecule has 0 unspecified atom stereocenters. The third-order valence-electron chi connectivity index (χ3n) is 3.93. The van der Waals surface area contributed by atoms with Gasteiger partial charge in [0.2, 0.25) is 5.91 Å². The van der Waals surface area contributed by atoms with Gasteiger partial charge in [-0.05, 0) is 18.2 Å². The van der Waals surface area contributed by atoms with E-state index < -0.39 is 0 Å². The molecule has 0 bridgehead atoms. The van der Waals surface area contributed by atoms with Gasteiger partial charge < -0.3 is 14.4 Å². The third kappa shape index (κ3) is 3.37. The van der Waals surface area contributed by atoms with Crippen LogP contribution in [0.25, 0.3) is 17.0 Å². The predicted molar refractivity (Wildman–Crippen MR) is 85.4 cm³/mol. The third-order valence-corrected chi connectivity index (χ3v) is 3.93. The summed E-state index contributed by atoms with van der Waals surface area (Å²) in [5.74, 6) is 0.692. The van der Waals surface area contributed by atoms with Gasteiger partial charge in [-0.15, -0.1) is 0 Å². The lowest BCUT2D eigenvalue weighted by Gasteiger charge is -2.33. The second-order valence-corrected chi connectivity index (χ2v) is 5.41. The van der Waals surface area contributed by atoms with Gasteiger partial charge in [0.1, 0.15) is 11.3 Å². The van der Waals surface area contributed by atoms with Gasteiger partial charge in [0.05, 0.1) is 6.61 Å². The summed E-state index contributed by atoms with van der Waals surface area (Å²) in [6.45, 7) is 3.86. The molecule has 22 heavy (non-hydrogen) atoms. The number of para-hydroxylation sites is 1. The molecule has 3 rings (SSSR count). The van der Waals surface area contributed by atoms with Crippen molar-refractivity contribution >= 4 is 23.0 Å². The van der Waals surface area contributed by atoms with E-state index in [4.69, 9.17) is 9.52 Å². The number of fused-ring (bicyclic) bond motifs is 1. The Morgan fingerprint density at radius 3 is 2.73 bits per heavy atom. The van der Waals surface area contributed by atoms with Crippen molar-refractivity contribution < 1.29 is 14.3 Å². The quantitative estimate of drug-likeness (QED) is 0.871. The normalized spacial score (nSPS) is 16.7. The highest BCUT2D eigenvalue weighted by atomic mass is 16.3. The molecule has 2 aromatic rings. The van der Waals surface area contributed by atoms with Crippen LogP contribution < -0.4 is 0 Å². The van der Waals surface area contributed by atoms with E-state index in [-0.39, 0.29) is 12.5 Å². The molecule has 1 amide bonds. The molecule has 0 saturated carbocycles. The van der Waals surface area contributed by atoms with Gasteiger partial charge in [0, 0.05) is 44.2 Å². The number of rotatable bonds is 4. The summed E-state index contributed by atoms with van der Waals surface area (Å²) in [4.78, 5) is 16.2. The van der Waals surface area contributed by atoms with Crippen molar-refractivity contribution in [3.05, 3.63) is 42.2 Å². The molecule has 1 fully saturated rings. The van der Waals surface area contributed by atoms with E-state index in [9.17, 15) is 4.79 Å². The van der Waals surface area contributed by atoms with Gasteiger partial charge in [0.25, 0.3) is 0 Å². The molecule has 0 aliphatic carbocycles. The lowest BCUT2D eigenvalue weighted by molar-refractivity contribution is -0.127. The maximum absolute atomic E-state index is 12.2. The first kappa shape index (κ1) is 14.8. The highest BCUT2D eigenvalue weighted by Crippen LogP contribution is 2.19. The summed E-state index contributed by atoms with van der Waals surface area (Å²) >= 11 is 0.